The Morgan fingerprint density at radius 3 is 2.58 bits per heavy atom. The molecule has 33 heavy (non-hydrogen) atoms. The highest BCUT2D eigenvalue weighted by Crippen LogP contribution is 2.45. The lowest BCUT2D eigenvalue weighted by Gasteiger charge is -2.37. The molecule has 1 N–H and O–H groups in total. The Morgan fingerprint density at radius 2 is 1.94 bits per heavy atom. The predicted octanol–water partition coefficient (Wildman–Crippen LogP) is 4.56. The van der Waals surface area contributed by atoms with Crippen molar-refractivity contribution < 1.29 is 13.2 Å². The maximum absolute atomic E-state index is 12.7. The Kier molecular flexibility index (Phi) is 5.93. The molecular formula is C23H26ClN5O3S. The summed E-state index contributed by atoms with van der Waals surface area (Å²) in [6, 6.07) is 5.05. The van der Waals surface area contributed by atoms with Gasteiger partial charge in [0.05, 0.1) is 34.7 Å². The number of ether oxygens (including phenoxy) is 1. The summed E-state index contributed by atoms with van der Waals surface area (Å²) in [7, 11) is -3.12. The molecule has 3 aliphatic rings. The standard InChI is InChI=1S/C23H26ClN5O3S/c1-14-22(28-21-8-5-17(25-2)9-20(21)24)26-13-27-23(14)32-12-19-15-3-4-16(19)11-29(10-15)33(30,31)18-6-7-18/h5,8-9,13,15-16,18-19H,3-4,6-7,10-12H2,1H3,(H,26,27,28). The Hall–Kier alpha value is -2.41. The molecular weight excluding hydrogens is 462 g/mol. The number of nitrogens with zero attached hydrogens (tertiary/aromatic N) is 4. The molecule has 1 saturated heterocycles. The van der Waals surface area contributed by atoms with Crippen LogP contribution in [-0.4, -0.2) is 47.6 Å². The number of benzene rings is 1. The molecule has 0 spiro atoms. The van der Waals surface area contributed by atoms with Crippen molar-refractivity contribution in [2.24, 2.45) is 17.8 Å². The van der Waals surface area contributed by atoms with E-state index in [0.29, 0.717) is 65.5 Å². The molecule has 2 bridgehead atoms. The zero-order valence-corrected chi connectivity index (χ0v) is 19.9. The van der Waals surface area contributed by atoms with E-state index in [1.165, 1.54) is 6.33 Å². The number of hydrogen-bond acceptors (Lipinski definition) is 6. The molecule has 1 aromatic carbocycles. The normalized spacial score (nSPS) is 24.9. The van der Waals surface area contributed by atoms with Crippen molar-refractivity contribution in [1.29, 1.82) is 0 Å². The first-order valence-corrected chi connectivity index (χ1v) is 13.1. The fourth-order valence-electron chi connectivity index (χ4n) is 5.03. The number of aromatic nitrogens is 2. The Bertz CT molecular complexity index is 1200. The molecule has 0 radical (unpaired) electrons. The number of rotatable bonds is 7. The number of fused-ring (bicyclic) bond motifs is 2. The van der Waals surface area contributed by atoms with Crippen LogP contribution in [-0.2, 0) is 10.0 Å². The van der Waals surface area contributed by atoms with Crippen LogP contribution >= 0.6 is 11.6 Å². The lowest BCUT2D eigenvalue weighted by Crippen LogP contribution is -2.47. The van der Waals surface area contributed by atoms with Crippen molar-refractivity contribution in [3.05, 3.63) is 46.5 Å². The molecule has 8 nitrogen and oxygen atoms in total. The smallest absolute Gasteiger partial charge is 0.221 e. The summed E-state index contributed by atoms with van der Waals surface area (Å²) in [6.45, 7) is 10.7. The summed E-state index contributed by atoms with van der Waals surface area (Å²) < 4.78 is 33.3. The van der Waals surface area contributed by atoms with Crippen LogP contribution in [0.15, 0.2) is 24.5 Å². The fraction of sp³-hybridized carbons (Fsp3) is 0.522. The molecule has 2 unspecified atom stereocenters. The molecule has 0 amide bonds. The molecule has 2 aliphatic carbocycles. The van der Waals surface area contributed by atoms with Crippen LogP contribution in [0.2, 0.25) is 5.02 Å². The minimum Gasteiger partial charge on any atom is -0.477 e. The van der Waals surface area contributed by atoms with Crippen LogP contribution in [0.25, 0.3) is 4.85 Å². The van der Waals surface area contributed by atoms with E-state index >= 15 is 0 Å². The average molecular weight is 488 g/mol. The van der Waals surface area contributed by atoms with E-state index in [0.717, 1.165) is 31.2 Å². The lowest BCUT2D eigenvalue weighted by atomic mass is 9.87. The van der Waals surface area contributed by atoms with Gasteiger partial charge >= 0.3 is 0 Å². The SMILES string of the molecule is [C-]#[N+]c1ccc(Nc2ncnc(OCC3C4CCC3CN(S(=O)(=O)C3CC3)C4)c2C)c(Cl)c1. The molecule has 174 valence electrons. The number of nitrogens with one attached hydrogen (secondary N) is 1. The van der Waals surface area contributed by atoms with Crippen molar-refractivity contribution in [2.45, 2.75) is 37.9 Å². The van der Waals surface area contributed by atoms with E-state index in [2.05, 4.69) is 20.1 Å². The maximum atomic E-state index is 12.7. The minimum atomic E-state index is -3.12. The molecule has 1 aliphatic heterocycles. The molecule has 1 aromatic heterocycles. The van der Waals surface area contributed by atoms with Crippen LogP contribution in [0.3, 0.4) is 0 Å². The van der Waals surface area contributed by atoms with Crippen LogP contribution < -0.4 is 10.1 Å². The largest absolute Gasteiger partial charge is 0.477 e. The van der Waals surface area contributed by atoms with Crippen LogP contribution in [0.1, 0.15) is 31.2 Å². The zero-order chi connectivity index (χ0) is 23.2. The van der Waals surface area contributed by atoms with Gasteiger partial charge in [0.15, 0.2) is 5.69 Å². The molecule has 2 aromatic rings. The lowest BCUT2D eigenvalue weighted by molar-refractivity contribution is 0.112. The first-order valence-electron chi connectivity index (χ1n) is 11.2. The summed E-state index contributed by atoms with van der Waals surface area (Å²) in [5, 5.41) is 3.49. The number of piperidine rings is 1. The molecule has 2 atom stereocenters. The van der Waals surface area contributed by atoms with Crippen LogP contribution in [0.4, 0.5) is 17.2 Å². The predicted molar refractivity (Wildman–Crippen MR) is 126 cm³/mol. The quantitative estimate of drug-likeness (QED) is 0.576. The Balaban J connectivity index is 1.25. The van der Waals surface area contributed by atoms with E-state index in [1.54, 1.807) is 22.5 Å². The number of anilines is 2. The van der Waals surface area contributed by atoms with E-state index in [4.69, 9.17) is 22.9 Å². The van der Waals surface area contributed by atoms with E-state index in [9.17, 15) is 8.42 Å². The summed E-state index contributed by atoms with van der Waals surface area (Å²) in [4.78, 5) is 12.0. The van der Waals surface area contributed by atoms with Gasteiger partial charge in [-0.3, -0.25) is 0 Å². The monoisotopic (exact) mass is 487 g/mol. The summed E-state index contributed by atoms with van der Waals surface area (Å²) >= 11 is 6.29. The fourth-order valence-corrected chi connectivity index (χ4v) is 7.21. The molecule has 3 fully saturated rings. The summed E-state index contributed by atoms with van der Waals surface area (Å²) in [5.74, 6) is 2.09. The second-order valence-corrected chi connectivity index (χ2v) is 11.8. The zero-order valence-electron chi connectivity index (χ0n) is 18.4. The summed E-state index contributed by atoms with van der Waals surface area (Å²) in [5.41, 5.74) is 1.89. The molecule has 2 saturated carbocycles. The Morgan fingerprint density at radius 1 is 1.21 bits per heavy atom. The topological polar surface area (TPSA) is 88.8 Å². The van der Waals surface area contributed by atoms with E-state index < -0.39 is 10.0 Å². The van der Waals surface area contributed by atoms with E-state index in [-0.39, 0.29) is 5.25 Å². The van der Waals surface area contributed by atoms with Gasteiger partial charge in [-0.05, 0) is 56.6 Å². The maximum Gasteiger partial charge on any atom is 0.221 e. The highest BCUT2D eigenvalue weighted by atomic mass is 35.5. The van der Waals surface area contributed by atoms with Crippen molar-refractivity contribution in [3.8, 4) is 5.88 Å². The first kappa shape index (κ1) is 22.4. The number of hydrogen-bond donors (Lipinski definition) is 1. The van der Waals surface area contributed by atoms with Gasteiger partial charge in [-0.25, -0.2) is 27.5 Å². The van der Waals surface area contributed by atoms with Crippen LogP contribution in [0.5, 0.6) is 5.88 Å². The number of sulfonamides is 1. The second kappa shape index (κ2) is 8.75. The second-order valence-electron chi connectivity index (χ2n) is 9.19. The van der Waals surface area contributed by atoms with Gasteiger partial charge in [0.25, 0.3) is 0 Å². The van der Waals surface area contributed by atoms with Gasteiger partial charge in [0.1, 0.15) is 12.1 Å². The van der Waals surface area contributed by atoms with Crippen molar-refractivity contribution >= 4 is 38.8 Å². The van der Waals surface area contributed by atoms with Gasteiger partial charge < -0.3 is 10.1 Å². The highest BCUT2D eigenvalue weighted by molar-refractivity contribution is 7.90. The Labute approximate surface area is 199 Å². The molecule has 5 rings (SSSR count). The highest BCUT2D eigenvalue weighted by Gasteiger charge is 2.49. The van der Waals surface area contributed by atoms with Crippen molar-refractivity contribution in [3.63, 3.8) is 0 Å². The number of halogens is 1. The third-order valence-corrected chi connectivity index (χ3v) is 9.73. The van der Waals surface area contributed by atoms with Gasteiger partial charge in [-0.1, -0.05) is 17.7 Å². The first-order chi connectivity index (χ1) is 15.9. The molecule has 10 heteroatoms. The average Bonchev–Trinajstić information content (AvgIpc) is 3.62. The van der Waals surface area contributed by atoms with Crippen molar-refractivity contribution in [1.82, 2.24) is 14.3 Å². The van der Waals surface area contributed by atoms with E-state index in [1.807, 2.05) is 6.92 Å². The molecule has 2 heterocycles. The van der Waals surface area contributed by atoms with Gasteiger partial charge in [-0.2, -0.15) is 0 Å². The summed E-state index contributed by atoms with van der Waals surface area (Å²) in [6.07, 6.45) is 5.15. The van der Waals surface area contributed by atoms with Crippen molar-refractivity contribution in [2.75, 3.05) is 25.0 Å². The van der Waals surface area contributed by atoms with Crippen LogP contribution in [0, 0.1) is 31.2 Å². The van der Waals surface area contributed by atoms with Gasteiger partial charge in [-0.15, -0.1) is 0 Å². The third kappa shape index (κ3) is 4.39. The third-order valence-electron chi connectivity index (χ3n) is 7.09. The van der Waals surface area contributed by atoms with Gasteiger partial charge in [0.2, 0.25) is 15.9 Å². The van der Waals surface area contributed by atoms with Gasteiger partial charge in [0, 0.05) is 19.0 Å². The minimum absolute atomic E-state index is 0.148.